The zero-order chi connectivity index (χ0) is 20.3. The number of nitrogens with zero attached hydrogens (tertiary/aromatic N) is 2. The summed E-state index contributed by atoms with van der Waals surface area (Å²) in [7, 11) is 2.03. The molecule has 0 radical (unpaired) electrons. The van der Waals surface area contributed by atoms with Gasteiger partial charge in [0.15, 0.2) is 15.5 Å². The third-order valence-electron chi connectivity index (χ3n) is 4.28. The molecule has 2 amide bonds. The average molecular weight is 486 g/mol. The van der Waals surface area contributed by atoms with Gasteiger partial charge in [-0.2, -0.15) is 0 Å². The van der Waals surface area contributed by atoms with Crippen molar-refractivity contribution in [2.24, 2.45) is 0 Å². The number of hydrogen-bond acceptors (Lipinski definition) is 5. The minimum atomic E-state index is -0.496. The molecule has 0 saturated carbocycles. The molecule has 0 unspecified atom stereocenters. The molecular weight excluding hydrogens is 468 g/mol. The van der Waals surface area contributed by atoms with Crippen LogP contribution in [0.15, 0.2) is 39.4 Å². The third kappa shape index (κ3) is 5.11. The lowest BCUT2D eigenvalue weighted by Gasteiger charge is -2.32. The van der Waals surface area contributed by atoms with E-state index in [1.54, 1.807) is 24.3 Å². The van der Waals surface area contributed by atoms with Crippen LogP contribution in [0, 0.1) is 0 Å². The first-order chi connectivity index (χ1) is 13.3. The lowest BCUT2D eigenvalue weighted by molar-refractivity contribution is 0.0664. The van der Waals surface area contributed by atoms with Gasteiger partial charge in [0.1, 0.15) is 0 Å². The van der Waals surface area contributed by atoms with E-state index in [9.17, 15) is 9.59 Å². The molecule has 1 saturated heterocycles. The maximum absolute atomic E-state index is 12.7. The molecule has 0 spiro atoms. The Morgan fingerprint density at radius 2 is 1.89 bits per heavy atom. The van der Waals surface area contributed by atoms with E-state index in [4.69, 9.17) is 28.2 Å². The van der Waals surface area contributed by atoms with E-state index >= 15 is 0 Å². The lowest BCUT2D eigenvalue weighted by atomic mass is 10.1. The van der Waals surface area contributed by atoms with Gasteiger partial charge in [0.05, 0.1) is 10.7 Å². The fourth-order valence-corrected chi connectivity index (χ4v) is 3.37. The molecule has 2 heterocycles. The Labute approximate surface area is 181 Å². The molecule has 0 bridgehead atoms. The summed E-state index contributed by atoms with van der Waals surface area (Å²) < 4.78 is 5.62. The quantitative estimate of drug-likeness (QED) is 0.650. The van der Waals surface area contributed by atoms with Gasteiger partial charge in [0.2, 0.25) is 0 Å². The summed E-state index contributed by atoms with van der Waals surface area (Å²) >= 11 is 14.5. The number of rotatable bonds is 3. The molecule has 1 fully saturated rings. The molecule has 2 aromatic rings. The van der Waals surface area contributed by atoms with Crippen LogP contribution < -0.4 is 10.6 Å². The van der Waals surface area contributed by atoms with Crippen LogP contribution in [0.5, 0.6) is 0 Å². The van der Waals surface area contributed by atoms with Crippen molar-refractivity contribution in [2.75, 3.05) is 38.5 Å². The molecule has 10 heteroatoms. The van der Waals surface area contributed by atoms with Crippen molar-refractivity contribution >= 4 is 62.4 Å². The lowest BCUT2D eigenvalue weighted by Crippen LogP contribution is -2.47. The van der Waals surface area contributed by atoms with Crippen LogP contribution in [-0.4, -0.2) is 60.0 Å². The van der Waals surface area contributed by atoms with Crippen LogP contribution >= 0.6 is 39.7 Å². The number of carbonyl (C=O) groups is 2. The molecule has 0 atom stereocenters. The molecule has 1 aromatic carbocycles. The van der Waals surface area contributed by atoms with Crippen LogP contribution in [0.3, 0.4) is 0 Å². The third-order valence-corrected chi connectivity index (χ3v) is 5.24. The van der Waals surface area contributed by atoms with Crippen molar-refractivity contribution in [2.45, 2.75) is 0 Å². The van der Waals surface area contributed by atoms with Crippen molar-refractivity contribution in [1.82, 2.24) is 15.1 Å². The maximum Gasteiger partial charge on any atom is 0.293 e. The maximum atomic E-state index is 12.7. The first-order valence-corrected chi connectivity index (χ1v) is 10.1. The van der Waals surface area contributed by atoms with E-state index in [0.29, 0.717) is 34.0 Å². The number of benzene rings is 1. The zero-order valence-corrected chi connectivity index (χ0v) is 18.2. The van der Waals surface area contributed by atoms with Crippen LogP contribution in [0.1, 0.15) is 20.9 Å². The number of nitrogens with one attached hydrogen (secondary N) is 2. The summed E-state index contributed by atoms with van der Waals surface area (Å²) in [4.78, 5) is 28.8. The van der Waals surface area contributed by atoms with Crippen LogP contribution in [0.2, 0.25) is 5.02 Å². The number of anilines is 1. The fourth-order valence-electron chi connectivity index (χ4n) is 2.70. The van der Waals surface area contributed by atoms with Crippen LogP contribution in [0.4, 0.5) is 5.69 Å². The average Bonchev–Trinajstić information content (AvgIpc) is 3.10. The van der Waals surface area contributed by atoms with Gasteiger partial charge in [-0.25, -0.2) is 0 Å². The molecular formula is C18H18BrClN4O3S. The van der Waals surface area contributed by atoms with Gasteiger partial charge in [-0.15, -0.1) is 0 Å². The summed E-state index contributed by atoms with van der Waals surface area (Å²) in [5.74, 6) is -0.451. The van der Waals surface area contributed by atoms with Crippen molar-refractivity contribution < 1.29 is 14.0 Å². The highest BCUT2D eigenvalue weighted by Gasteiger charge is 2.21. The Kier molecular flexibility index (Phi) is 6.71. The van der Waals surface area contributed by atoms with Gasteiger partial charge >= 0.3 is 0 Å². The van der Waals surface area contributed by atoms with Crippen LogP contribution in [-0.2, 0) is 0 Å². The molecule has 1 aliphatic rings. The van der Waals surface area contributed by atoms with Gasteiger partial charge in [-0.1, -0.05) is 11.6 Å². The van der Waals surface area contributed by atoms with E-state index in [0.717, 1.165) is 13.1 Å². The SMILES string of the molecule is CN1CCN(C(=O)c2ccc(Cl)c(NC(=S)NC(=O)c3ccc(Br)o3)c2)CC1. The van der Waals surface area contributed by atoms with E-state index in [1.165, 1.54) is 6.07 Å². The highest BCUT2D eigenvalue weighted by Crippen LogP contribution is 2.24. The molecule has 28 heavy (non-hydrogen) atoms. The van der Waals surface area contributed by atoms with Crippen LogP contribution in [0.25, 0.3) is 0 Å². The van der Waals surface area contributed by atoms with Crippen molar-refractivity contribution in [3.8, 4) is 0 Å². The Morgan fingerprint density at radius 3 is 2.54 bits per heavy atom. The minimum absolute atomic E-state index is 0.0450. The Morgan fingerprint density at radius 1 is 1.18 bits per heavy atom. The Bertz CT molecular complexity index is 912. The van der Waals surface area contributed by atoms with Crippen molar-refractivity contribution in [3.05, 3.63) is 51.3 Å². The number of hydrogen-bond donors (Lipinski definition) is 2. The predicted octanol–water partition coefficient (Wildman–Crippen LogP) is 3.21. The number of halogens is 2. The van der Waals surface area contributed by atoms with E-state index in [1.807, 2.05) is 11.9 Å². The number of furan rings is 1. The first-order valence-electron chi connectivity index (χ1n) is 8.48. The molecule has 1 aliphatic heterocycles. The number of thiocarbonyl (C=S) groups is 1. The second-order valence-electron chi connectivity index (χ2n) is 6.30. The molecule has 3 rings (SSSR count). The number of likely N-dealkylation sites (N-methyl/N-ethyl adjacent to an activating group) is 1. The number of carbonyl (C=O) groups excluding carboxylic acids is 2. The van der Waals surface area contributed by atoms with Gasteiger partial charge < -0.3 is 19.5 Å². The Hall–Kier alpha value is -1.94. The highest BCUT2D eigenvalue weighted by molar-refractivity contribution is 9.10. The second-order valence-corrected chi connectivity index (χ2v) is 7.90. The number of amides is 2. The molecule has 2 N–H and O–H groups in total. The van der Waals surface area contributed by atoms with E-state index in [-0.39, 0.29) is 16.8 Å². The molecule has 7 nitrogen and oxygen atoms in total. The minimum Gasteiger partial charge on any atom is -0.444 e. The topological polar surface area (TPSA) is 77.8 Å². The second kappa shape index (κ2) is 9.04. The summed E-state index contributed by atoms with van der Waals surface area (Å²) in [6, 6.07) is 8.06. The van der Waals surface area contributed by atoms with Crippen molar-refractivity contribution in [1.29, 1.82) is 0 Å². The predicted molar refractivity (Wildman–Crippen MR) is 115 cm³/mol. The van der Waals surface area contributed by atoms with Gasteiger partial charge in [0.25, 0.3) is 11.8 Å². The largest absolute Gasteiger partial charge is 0.444 e. The Balaban J connectivity index is 1.66. The number of piperazine rings is 1. The molecule has 148 valence electrons. The van der Waals surface area contributed by atoms with Gasteiger partial charge in [0, 0.05) is 31.7 Å². The first kappa shape index (κ1) is 20.8. The molecule has 0 aliphatic carbocycles. The summed E-state index contributed by atoms with van der Waals surface area (Å²) in [6.07, 6.45) is 0. The molecule has 1 aromatic heterocycles. The standard InChI is InChI=1S/C18H18BrClN4O3S/c1-23-6-8-24(9-7-23)17(26)11-2-3-12(20)13(10-11)21-18(28)22-16(25)14-4-5-15(19)27-14/h2-5,10H,6-9H2,1H3,(H2,21,22,25,28). The normalized spacial score (nSPS) is 14.6. The zero-order valence-electron chi connectivity index (χ0n) is 15.0. The smallest absolute Gasteiger partial charge is 0.293 e. The summed E-state index contributed by atoms with van der Waals surface area (Å²) in [6.45, 7) is 3.02. The van der Waals surface area contributed by atoms with E-state index in [2.05, 4.69) is 31.5 Å². The summed E-state index contributed by atoms with van der Waals surface area (Å²) in [5.41, 5.74) is 0.938. The summed E-state index contributed by atoms with van der Waals surface area (Å²) in [5, 5.41) is 5.79. The fraction of sp³-hybridized carbons (Fsp3) is 0.278. The van der Waals surface area contributed by atoms with Gasteiger partial charge in [-0.3, -0.25) is 14.9 Å². The monoisotopic (exact) mass is 484 g/mol. The highest BCUT2D eigenvalue weighted by atomic mass is 79.9. The van der Waals surface area contributed by atoms with E-state index < -0.39 is 5.91 Å². The van der Waals surface area contributed by atoms with Gasteiger partial charge in [-0.05, 0) is 65.5 Å². The van der Waals surface area contributed by atoms with Crippen molar-refractivity contribution in [3.63, 3.8) is 0 Å².